The van der Waals surface area contributed by atoms with Crippen LogP contribution in [0.4, 0.5) is 4.79 Å². The molecule has 1 aliphatic carbocycles. The summed E-state index contributed by atoms with van der Waals surface area (Å²) in [7, 11) is 0. The van der Waals surface area contributed by atoms with Crippen molar-refractivity contribution in [1.29, 1.82) is 0 Å². The molecule has 7 nitrogen and oxygen atoms in total. The summed E-state index contributed by atoms with van der Waals surface area (Å²) in [5.41, 5.74) is 4.61. The molecule has 2 aromatic carbocycles. The topological polar surface area (TPSA) is 95.9 Å². The Hall–Kier alpha value is -3.79. The van der Waals surface area contributed by atoms with E-state index >= 15 is 0 Å². The number of carboxylic acid groups (broad SMARTS) is 1. The van der Waals surface area contributed by atoms with Crippen LogP contribution in [0.2, 0.25) is 0 Å². The standard InChI is InChI=1S/C27H28N2O5/c30-25(29-17-6-5-8-19(29)14-15-26(31)32)13-7-16-28-27(33)34-18-24-22-11-3-1-9-20(22)21-10-2-4-12-23(21)24/h1-4,9-12,19,24H,5-6,8,14-18H2,(H,28,33)(H,31,32). The molecule has 2 amide bonds. The zero-order valence-corrected chi connectivity index (χ0v) is 19.0. The SMILES string of the molecule is O=C(O)CCC1CCCCN1C(=O)C#CCNC(=O)OCC1c2ccccc2-c2ccccc21. The third kappa shape index (κ3) is 5.40. The lowest BCUT2D eigenvalue weighted by atomic mass is 9.98. The van der Waals surface area contributed by atoms with Crippen LogP contribution in [0.1, 0.15) is 49.1 Å². The number of alkyl carbamates (subject to hydrolysis) is 1. The van der Waals surface area contributed by atoms with Crippen LogP contribution in [-0.2, 0) is 14.3 Å². The number of nitrogens with one attached hydrogen (secondary N) is 1. The van der Waals surface area contributed by atoms with E-state index in [2.05, 4.69) is 41.4 Å². The lowest BCUT2D eigenvalue weighted by Crippen LogP contribution is -2.43. The molecule has 0 spiro atoms. The van der Waals surface area contributed by atoms with Gasteiger partial charge in [0, 0.05) is 24.9 Å². The van der Waals surface area contributed by atoms with Crippen molar-refractivity contribution >= 4 is 18.0 Å². The number of carbonyl (C=O) groups excluding carboxylic acids is 2. The van der Waals surface area contributed by atoms with Gasteiger partial charge >= 0.3 is 12.1 Å². The van der Waals surface area contributed by atoms with E-state index in [1.807, 2.05) is 24.3 Å². The normalized spacial score (nSPS) is 16.6. The first kappa shape index (κ1) is 23.4. The summed E-state index contributed by atoms with van der Waals surface area (Å²) < 4.78 is 5.47. The fraction of sp³-hybridized carbons (Fsp3) is 0.370. The molecule has 0 saturated carbocycles. The van der Waals surface area contributed by atoms with Crippen molar-refractivity contribution in [2.24, 2.45) is 0 Å². The Balaban J connectivity index is 1.27. The summed E-state index contributed by atoms with van der Waals surface area (Å²) >= 11 is 0. The smallest absolute Gasteiger partial charge is 0.407 e. The van der Waals surface area contributed by atoms with Crippen LogP contribution in [0.25, 0.3) is 11.1 Å². The molecule has 1 unspecified atom stereocenters. The minimum atomic E-state index is -0.864. The van der Waals surface area contributed by atoms with Gasteiger partial charge in [-0.25, -0.2) is 4.79 Å². The quantitative estimate of drug-likeness (QED) is 0.640. The fourth-order valence-corrected chi connectivity index (χ4v) is 4.82. The summed E-state index contributed by atoms with van der Waals surface area (Å²) in [5, 5.41) is 11.5. The zero-order valence-electron chi connectivity index (χ0n) is 19.0. The number of ether oxygens (including phenoxy) is 1. The number of hydrogen-bond donors (Lipinski definition) is 2. The lowest BCUT2D eigenvalue weighted by molar-refractivity contribution is -0.138. The molecule has 7 heteroatoms. The van der Waals surface area contributed by atoms with Crippen LogP contribution < -0.4 is 5.32 Å². The first-order valence-corrected chi connectivity index (χ1v) is 11.6. The number of fused-ring (bicyclic) bond motifs is 3. The second-order valence-corrected chi connectivity index (χ2v) is 8.56. The molecule has 1 saturated heterocycles. The minimum absolute atomic E-state index is 0.00392. The molecule has 0 radical (unpaired) electrons. The molecule has 176 valence electrons. The number of carboxylic acids is 1. The van der Waals surface area contributed by atoms with Crippen molar-refractivity contribution in [1.82, 2.24) is 10.2 Å². The second-order valence-electron chi connectivity index (χ2n) is 8.56. The van der Waals surface area contributed by atoms with Crippen molar-refractivity contribution in [2.75, 3.05) is 19.7 Å². The Kier molecular flexibility index (Phi) is 7.48. The van der Waals surface area contributed by atoms with E-state index < -0.39 is 12.1 Å². The van der Waals surface area contributed by atoms with Gasteiger partial charge in [-0.1, -0.05) is 54.5 Å². The van der Waals surface area contributed by atoms with Crippen molar-refractivity contribution < 1.29 is 24.2 Å². The maximum absolute atomic E-state index is 12.5. The number of likely N-dealkylation sites (tertiary alicyclic amines) is 1. The minimum Gasteiger partial charge on any atom is -0.481 e. The molecule has 4 rings (SSSR count). The Labute approximate surface area is 199 Å². The van der Waals surface area contributed by atoms with Gasteiger partial charge in [0.25, 0.3) is 5.91 Å². The van der Waals surface area contributed by atoms with Crippen LogP contribution >= 0.6 is 0 Å². The van der Waals surface area contributed by atoms with Crippen LogP contribution in [0.15, 0.2) is 48.5 Å². The number of carbonyl (C=O) groups is 3. The van der Waals surface area contributed by atoms with Gasteiger partial charge in [0.2, 0.25) is 0 Å². The van der Waals surface area contributed by atoms with Gasteiger partial charge < -0.3 is 20.1 Å². The average molecular weight is 461 g/mol. The van der Waals surface area contributed by atoms with E-state index in [1.165, 1.54) is 0 Å². The van der Waals surface area contributed by atoms with E-state index in [0.29, 0.717) is 13.0 Å². The lowest BCUT2D eigenvalue weighted by Gasteiger charge is -2.34. The Bertz CT molecular complexity index is 1090. The third-order valence-electron chi connectivity index (χ3n) is 6.44. The highest BCUT2D eigenvalue weighted by molar-refractivity contribution is 5.94. The van der Waals surface area contributed by atoms with Crippen molar-refractivity contribution in [3.63, 3.8) is 0 Å². The zero-order chi connectivity index (χ0) is 23.9. The number of hydrogen-bond acceptors (Lipinski definition) is 4. The molecule has 1 fully saturated rings. The fourth-order valence-electron chi connectivity index (χ4n) is 4.82. The van der Waals surface area contributed by atoms with Crippen LogP contribution in [0, 0.1) is 11.8 Å². The van der Waals surface area contributed by atoms with Gasteiger partial charge in [-0.3, -0.25) is 9.59 Å². The highest BCUT2D eigenvalue weighted by Crippen LogP contribution is 2.44. The van der Waals surface area contributed by atoms with E-state index in [-0.39, 0.29) is 37.4 Å². The first-order valence-electron chi connectivity index (χ1n) is 11.6. The highest BCUT2D eigenvalue weighted by atomic mass is 16.5. The molecular formula is C27H28N2O5. The monoisotopic (exact) mass is 460 g/mol. The number of aliphatic carboxylic acids is 1. The molecule has 1 aliphatic heterocycles. The predicted octanol–water partition coefficient (Wildman–Crippen LogP) is 3.77. The van der Waals surface area contributed by atoms with Gasteiger partial charge in [0.15, 0.2) is 0 Å². The summed E-state index contributed by atoms with van der Waals surface area (Å²) in [6.45, 7) is 0.791. The Morgan fingerprint density at radius 1 is 1.03 bits per heavy atom. The maximum atomic E-state index is 12.5. The maximum Gasteiger partial charge on any atom is 0.407 e. The summed E-state index contributed by atoms with van der Waals surface area (Å²) in [5.74, 6) is 4.04. The molecule has 0 bridgehead atoms. The van der Waals surface area contributed by atoms with Gasteiger partial charge in [-0.05, 0) is 53.9 Å². The molecular weight excluding hydrogens is 432 g/mol. The third-order valence-corrected chi connectivity index (χ3v) is 6.44. The number of piperidine rings is 1. The van der Waals surface area contributed by atoms with E-state index in [1.54, 1.807) is 4.90 Å². The highest BCUT2D eigenvalue weighted by Gasteiger charge is 2.29. The molecule has 1 atom stereocenters. The van der Waals surface area contributed by atoms with Crippen molar-refractivity contribution in [3.8, 4) is 23.0 Å². The van der Waals surface area contributed by atoms with Gasteiger partial charge in [-0.15, -0.1) is 0 Å². The Morgan fingerprint density at radius 2 is 1.71 bits per heavy atom. The largest absolute Gasteiger partial charge is 0.481 e. The molecule has 0 aromatic heterocycles. The average Bonchev–Trinajstić information content (AvgIpc) is 3.18. The first-order chi connectivity index (χ1) is 16.5. The van der Waals surface area contributed by atoms with E-state index in [9.17, 15) is 14.4 Å². The van der Waals surface area contributed by atoms with Gasteiger partial charge in [0.05, 0.1) is 6.54 Å². The van der Waals surface area contributed by atoms with Gasteiger partial charge in [-0.2, -0.15) is 0 Å². The number of nitrogens with zero attached hydrogens (tertiary/aromatic N) is 1. The predicted molar refractivity (Wildman–Crippen MR) is 127 cm³/mol. The van der Waals surface area contributed by atoms with E-state index in [0.717, 1.165) is 41.5 Å². The summed E-state index contributed by atoms with van der Waals surface area (Å²) in [6.07, 6.45) is 2.53. The van der Waals surface area contributed by atoms with Crippen LogP contribution in [-0.4, -0.2) is 53.7 Å². The van der Waals surface area contributed by atoms with Crippen molar-refractivity contribution in [3.05, 3.63) is 59.7 Å². The molecule has 2 aromatic rings. The van der Waals surface area contributed by atoms with Crippen LogP contribution in [0.5, 0.6) is 0 Å². The number of benzene rings is 2. The van der Waals surface area contributed by atoms with Crippen LogP contribution in [0.3, 0.4) is 0 Å². The molecule has 1 heterocycles. The van der Waals surface area contributed by atoms with E-state index in [4.69, 9.17) is 9.84 Å². The number of amides is 2. The number of rotatable bonds is 6. The Morgan fingerprint density at radius 3 is 2.38 bits per heavy atom. The molecule has 2 aliphatic rings. The summed E-state index contributed by atoms with van der Waals surface area (Å²) in [6, 6.07) is 16.2. The second kappa shape index (κ2) is 10.9. The van der Waals surface area contributed by atoms with Gasteiger partial charge in [0.1, 0.15) is 6.61 Å². The molecule has 2 N–H and O–H groups in total. The van der Waals surface area contributed by atoms with Crippen molar-refractivity contribution in [2.45, 2.75) is 44.1 Å². The summed E-state index contributed by atoms with van der Waals surface area (Å²) in [4.78, 5) is 37.2. The molecule has 34 heavy (non-hydrogen) atoms.